The van der Waals surface area contributed by atoms with Crippen LogP contribution in [0, 0.1) is 11.3 Å². The molecule has 84 valence electrons. The largest absolute Gasteiger partial charge is 0.284 e. The third-order valence-electron chi connectivity index (χ3n) is 2.99. The van der Waals surface area contributed by atoms with Crippen molar-refractivity contribution in [2.75, 3.05) is 6.54 Å². The highest BCUT2D eigenvalue weighted by Crippen LogP contribution is 2.22. The van der Waals surface area contributed by atoms with Crippen LogP contribution >= 0.6 is 11.6 Å². The molecule has 2 heterocycles. The molecule has 1 aliphatic heterocycles. The molecule has 1 aromatic rings. The van der Waals surface area contributed by atoms with Crippen molar-refractivity contribution in [2.45, 2.75) is 31.8 Å². The summed E-state index contributed by atoms with van der Waals surface area (Å²) in [6.45, 7) is 1.73. The molecule has 0 amide bonds. The number of piperidine rings is 1. The topological polar surface area (TPSA) is 39.9 Å². The van der Waals surface area contributed by atoms with Gasteiger partial charge in [0.1, 0.15) is 0 Å². The van der Waals surface area contributed by atoms with Gasteiger partial charge in [-0.1, -0.05) is 11.6 Å². The van der Waals surface area contributed by atoms with Crippen LogP contribution in [0.5, 0.6) is 0 Å². The molecular weight excluding hydrogens is 222 g/mol. The Balaban J connectivity index is 2.09. The van der Waals surface area contributed by atoms with Crippen molar-refractivity contribution in [3.8, 4) is 6.07 Å². The summed E-state index contributed by atoms with van der Waals surface area (Å²) in [6, 6.07) is 4.32. The van der Waals surface area contributed by atoms with E-state index in [2.05, 4.69) is 16.0 Å². The molecular formula is C12H14ClN3. The van der Waals surface area contributed by atoms with Crippen LogP contribution in [0.2, 0.25) is 5.02 Å². The van der Waals surface area contributed by atoms with Gasteiger partial charge in [-0.25, -0.2) is 0 Å². The zero-order chi connectivity index (χ0) is 11.4. The van der Waals surface area contributed by atoms with E-state index in [1.807, 2.05) is 6.07 Å². The second-order valence-corrected chi connectivity index (χ2v) is 4.49. The highest BCUT2D eigenvalue weighted by atomic mass is 35.5. The minimum Gasteiger partial charge on any atom is -0.284 e. The molecule has 0 aromatic carbocycles. The fourth-order valence-electron chi connectivity index (χ4n) is 2.08. The number of hydrogen-bond acceptors (Lipinski definition) is 3. The number of aromatic nitrogens is 1. The highest BCUT2D eigenvalue weighted by molar-refractivity contribution is 6.31. The molecule has 0 saturated carbocycles. The van der Waals surface area contributed by atoms with E-state index in [1.165, 1.54) is 6.42 Å². The van der Waals surface area contributed by atoms with Crippen LogP contribution in [0.1, 0.15) is 24.8 Å². The maximum absolute atomic E-state index is 9.07. The van der Waals surface area contributed by atoms with Crippen molar-refractivity contribution in [1.29, 1.82) is 5.26 Å². The summed E-state index contributed by atoms with van der Waals surface area (Å²) in [6.07, 6.45) is 6.69. The number of halogens is 1. The van der Waals surface area contributed by atoms with Crippen LogP contribution in [0.15, 0.2) is 18.5 Å². The molecule has 0 bridgehead atoms. The van der Waals surface area contributed by atoms with Crippen molar-refractivity contribution in [2.24, 2.45) is 0 Å². The predicted molar refractivity (Wildman–Crippen MR) is 62.9 cm³/mol. The quantitative estimate of drug-likeness (QED) is 0.791. The van der Waals surface area contributed by atoms with Gasteiger partial charge >= 0.3 is 0 Å². The van der Waals surface area contributed by atoms with Crippen molar-refractivity contribution in [3.63, 3.8) is 0 Å². The summed E-state index contributed by atoms with van der Waals surface area (Å²) >= 11 is 6.06. The molecule has 1 aliphatic rings. The van der Waals surface area contributed by atoms with Crippen molar-refractivity contribution < 1.29 is 0 Å². The zero-order valence-corrected chi connectivity index (χ0v) is 9.82. The van der Waals surface area contributed by atoms with Gasteiger partial charge in [-0.3, -0.25) is 9.88 Å². The Morgan fingerprint density at radius 2 is 2.44 bits per heavy atom. The number of likely N-dealkylation sites (tertiary alicyclic amines) is 1. The lowest BCUT2D eigenvalue weighted by Crippen LogP contribution is -2.37. The number of hydrogen-bond donors (Lipinski definition) is 0. The van der Waals surface area contributed by atoms with Gasteiger partial charge in [-0.2, -0.15) is 5.26 Å². The molecule has 1 aromatic heterocycles. The van der Waals surface area contributed by atoms with E-state index in [4.69, 9.17) is 16.9 Å². The first-order valence-corrected chi connectivity index (χ1v) is 5.91. The molecule has 16 heavy (non-hydrogen) atoms. The van der Waals surface area contributed by atoms with Crippen LogP contribution in [-0.2, 0) is 6.54 Å². The normalized spacial score (nSPS) is 21.6. The SMILES string of the molecule is N#CC1CCCCN1Cc1ccncc1Cl. The Hall–Kier alpha value is -1.11. The van der Waals surface area contributed by atoms with Crippen LogP contribution in [0.25, 0.3) is 0 Å². The number of nitrogens with zero attached hydrogens (tertiary/aromatic N) is 3. The third kappa shape index (κ3) is 2.52. The molecule has 0 N–H and O–H groups in total. The molecule has 1 unspecified atom stereocenters. The Morgan fingerprint density at radius 3 is 3.19 bits per heavy atom. The van der Waals surface area contributed by atoms with E-state index in [9.17, 15) is 0 Å². The van der Waals surface area contributed by atoms with Gasteiger partial charge in [-0.05, 0) is 37.4 Å². The predicted octanol–water partition coefficient (Wildman–Crippen LogP) is 2.61. The highest BCUT2D eigenvalue weighted by Gasteiger charge is 2.22. The van der Waals surface area contributed by atoms with Gasteiger partial charge in [0.25, 0.3) is 0 Å². The average molecular weight is 236 g/mol. The first-order valence-electron chi connectivity index (χ1n) is 5.53. The number of pyridine rings is 1. The molecule has 0 spiro atoms. The Morgan fingerprint density at radius 1 is 1.56 bits per heavy atom. The van der Waals surface area contributed by atoms with Gasteiger partial charge < -0.3 is 0 Å². The summed E-state index contributed by atoms with van der Waals surface area (Å²) in [4.78, 5) is 6.16. The Kier molecular flexibility index (Phi) is 3.76. The molecule has 0 aliphatic carbocycles. The fraction of sp³-hybridized carbons (Fsp3) is 0.500. The Bertz CT molecular complexity index is 399. The molecule has 1 saturated heterocycles. The molecule has 1 atom stereocenters. The summed E-state index contributed by atoms with van der Waals surface area (Å²) < 4.78 is 0. The maximum atomic E-state index is 9.07. The monoisotopic (exact) mass is 235 g/mol. The van der Waals surface area contributed by atoms with E-state index >= 15 is 0 Å². The summed E-state index contributed by atoms with van der Waals surface area (Å²) in [5.74, 6) is 0. The first kappa shape index (κ1) is 11.4. The lowest BCUT2D eigenvalue weighted by atomic mass is 10.0. The van der Waals surface area contributed by atoms with Crippen LogP contribution in [0.3, 0.4) is 0 Å². The van der Waals surface area contributed by atoms with E-state index in [1.54, 1.807) is 12.4 Å². The van der Waals surface area contributed by atoms with Crippen molar-refractivity contribution in [3.05, 3.63) is 29.0 Å². The fourth-order valence-corrected chi connectivity index (χ4v) is 2.26. The Labute approximate surface area is 101 Å². The lowest BCUT2D eigenvalue weighted by Gasteiger charge is -2.31. The summed E-state index contributed by atoms with van der Waals surface area (Å²) in [7, 11) is 0. The molecule has 3 nitrogen and oxygen atoms in total. The van der Waals surface area contributed by atoms with Gasteiger partial charge in [0, 0.05) is 18.9 Å². The molecule has 2 rings (SSSR count). The summed E-state index contributed by atoms with van der Waals surface area (Å²) in [5.41, 5.74) is 1.05. The first-order chi connectivity index (χ1) is 7.81. The van der Waals surface area contributed by atoms with Crippen LogP contribution in [0.4, 0.5) is 0 Å². The molecule has 1 fully saturated rings. The van der Waals surface area contributed by atoms with E-state index in [0.717, 1.165) is 31.5 Å². The third-order valence-corrected chi connectivity index (χ3v) is 3.33. The zero-order valence-electron chi connectivity index (χ0n) is 9.06. The van der Waals surface area contributed by atoms with Gasteiger partial charge in [0.05, 0.1) is 17.1 Å². The minimum absolute atomic E-state index is 0.0398. The van der Waals surface area contributed by atoms with Crippen LogP contribution < -0.4 is 0 Å². The average Bonchev–Trinajstić information content (AvgIpc) is 2.33. The number of rotatable bonds is 2. The smallest absolute Gasteiger partial charge is 0.0980 e. The van der Waals surface area contributed by atoms with Gasteiger partial charge in [0.15, 0.2) is 0 Å². The molecule has 4 heteroatoms. The second kappa shape index (κ2) is 5.29. The lowest BCUT2D eigenvalue weighted by molar-refractivity contribution is 0.176. The second-order valence-electron chi connectivity index (χ2n) is 4.08. The van der Waals surface area contributed by atoms with Crippen molar-refractivity contribution in [1.82, 2.24) is 9.88 Å². The van der Waals surface area contributed by atoms with Crippen molar-refractivity contribution >= 4 is 11.6 Å². The maximum Gasteiger partial charge on any atom is 0.0980 e. The summed E-state index contributed by atoms with van der Waals surface area (Å²) in [5, 5.41) is 9.76. The standard InChI is InChI=1S/C12H14ClN3/c13-12-8-15-5-4-10(12)9-16-6-2-1-3-11(16)7-14/h4-5,8,11H,1-3,6,9H2. The van der Waals surface area contributed by atoms with Crippen LogP contribution in [-0.4, -0.2) is 22.5 Å². The van der Waals surface area contributed by atoms with E-state index in [-0.39, 0.29) is 6.04 Å². The minimum atomic E-state index is 0.0398. The van der Waals surface area contributed by atoms with Gasteiger partial charge in [-0.15, -0.1) is 0 Å². The number of nitriles is 1. The van der Waals surface area contributed by atoms with E-state index in [0.29, 0.717) is 5.02 Å². The molecule has 0 radical (unpaired) electrons. The van der Waals surface area contributed by atoms with E-state index < -0.39 is 0 Å². The van der Waals surface area contributed by atoms with Gasteiger partial charge in [0.2, 0.25) is 0 Å².